The van der Waals surface area contributed by atoms with Crippen LogP contribution in [-0.4, -0.2) is 26.1 Å². The van der Waals surface area contributed by atoms with E-state index in [1.165, 1.54) is 25.7 Å². The maximum atomic E-state index is 4.18. The summed E-state index contributed by atoms with van der Waals surface area (Å²) in [7, 11) is 1.81. The number of aliphatic imine (C=N–C) groups is 1. The number of halogens is 1. The highest BCUT2D eigenvalue weighted by atomic mass is 127. The van der Waals surface area contributed by atoms with Gasteiger partial charge in [0.2, 0.25) is 0 Å². The SMILES string of the molecule is C=CCNC(=NC)NCC1CCCC(C)C1.I. The molecule has 1 fully saturated rings. The quantitative estimate of drug-likeness (QED) is 0.354. The third-order valence-electron chi connectivity index (χ3n) is 3.24. The van der Waals surface area contributed by atoms with Gasteiger partial charge in [0.05, 0.1) is 0 Å². The van der Waals surface area contributed by atoms with Crippen LogP contribution in [0, 0.1) is 11.8 Å². The number of nitrogens with zero attached hydrogens (tertiary/aromatic N) is 1. The summed E-state index contributed by atoms with van der Waals surface area (Å²) in [5.41, 5.74) is 0. The van der Waals surface area contributed by atoms with Crippen molar-refractivity contribution in [1.82, 2.24) is 10.6 Å². The van der Waals surface area contributed by atoms with Gasteiger partial charge in [-0.15, -0.1) is 30.6 Å². The second-order valence-electron chi connectivity index (χ2n) is 4.76. The highest BCUT2D eigenvalue weighted by molar-refractivity contribution is 14.0. The number of nitrogens with one attached hydrogen (secondary N) is 2. The first-order valence-electron chi connectivity index (χ1n) is 6.31. The third-order valence-corrected chi connectivity index (χ3v) is 3.24. The Morgan fingerprint density at radius 2 is 2.18 bits per heavy atom. The van der Waals surface area contributed by atoms with Crippen LogP contribution in [0.4, 0.5) is 0 Å². The molecule has 0 aromatic carbocycles. The first kappa shape index (κ1) is 16.7. The lowest BCUT2D eigenvalue weighted by molar-refractivity contribution is 0.282. The summed E-state index contributed by atoms with van der Waals surface area (Å²) in [6.07, 6.45) is 7.34. The van der Waals surface area contributed by atoms with Crippen LogP contribution in [0.3, 0.4) is 0 Å². The van der Waals surface area contributed by atoms with Crippen molar-refractivity contribution in [1.29, 1.82) is 0 Å². The predicted octanol–water partition coefficient (Wildman–Crippen LogP) is 2.78. The van der Waals surface area contributed by atoms with Crippen molar-refractivity contribution in [3.8, 4) is 0 Å². The molecule has 0 aromatic heterocycles. The minimum Gasteiger partial charge on any atom is -0.356 e. The number of rotatable bonds is 4. The molecule has 1 saturated carbocycles. The largest absolute Gasteiger partial charge is 0.356 e. The Labute approximate surface area is 123 Å². The van der Waals surface area contributed by atoms with Gasteiger partial charge in [0, 0.05) is 20.1 Å². The van der Waals surface area contributed by atoms with Crippen LogP contribution < -0.4 is 10.6 Å². The summed E-state index contributed by atoms with van der Waals surface area (Å²) in [6.45, 7) is 7.85. The van der Waals surface area contributed by atoms with E-state index in [0.717, 1.165) is 30.9 Å². The zero-order chi connectivity index (χ0) is 11.8. The van der Waals surface area contributed by atoms with Gasteiger partial charge >= 0.3 is 0 Å². The van der Waals surface area contributed by atoms with E-state index in [9.17, 15) is 0 Å². The summed E-state index contributed by atoms with van der Waals surface area (Å²) < 4.78 is 0. The molecule has 0 spiro atoms. The average molecular weight is 351 g/mol. The lowest BCUT2D eigenvalue weighted by atomic mass is 9.82. The maximum absolute atomic E-state index is 4.18. The van der Waals surface area contributed by atoms with Crippen molar-refractivity contribution < 1.29 is 0 Å². The minimum absolute atomic E-state index is 0. The van der Waals surface area contributed by atoms with E-state index < -0.39 is 0 Å². The van der Waals surface area contributed by atoms with Gasteiger partial charge in [-0.05, 0) is 24.7 Å². The van der Waals surface area contributed by atoms with Crippen LogP contribution in [0.15, 0.2) is 17.6 Å². The van der Waals surface area contributed by atoms with Crippen LogP contribution in [0.25, 0.3) is 0 Å². The van der Waals surface area contributed by atoms with Gasteiger partial charge in [0.15, 0.2) is 5.96 Å². The molecule has 0 bridgehead atoms. The topological polar surface area (TPSA) is 36.4 Å². The summed E-state index contributed by atoms with van der Waals surface area (Å²) in [4.78, 5) is 4.18. The molecule has 100 valence electrons. The van der Waals surface area contributed by atoms with Gasteiger partial charge < -0.3 is 10.6 Å². The monoisotopic (exact) mass is 351 g/mol. The molecule has 1 aliphatic carbocycles. The molecule has 0 amide bonds. The zero-order valence-corrected chi connectivity index (χ0v) is 13.4. The third kappa shape index (κ3) is 6.91. The van der Waals surface area contributed by atoms with Crippen LogP contribution in [-0.2, 0) is 0 Å². The van der Waals surface area contributed by atoms with E-state index >= 15 is 0 Å². The fraction of sp³-hybridized carbons (Fsp3) is 0.769. The Balaban J connectivity index is 0.00000256. The molecule has 0 saturated heterocycles. The molecular weight excluding hydrogens is 325 g/mol. The molecule has 0 radical (unpaired) electrons. The molecule has 2 atom stereocenters. The Morgan fingerprint density at radius 3 is 2.76 bits per heavy atom. The summed E-state index contributed by atoms with van der Waals surface area (Å²) in [5.74, 6) is 2.59. The Bertz CT molecular complexity index is 241. The average Bonchev–Trinajstić information content (AvgIpc) is 2.29. The van der Waals surface area contributed by atoms with E-state index in [0.29, 0.717) is 0 Å². The molecule has 2 unspecified atom stereocenters. The molecule has 1 aliphatic rings. The molecular formula is C13H26IN3. The highest BCUT2D eigenvalue weighted by Crippen LogP contribution is 2.27. The van der Waals surface area contributed by atoms with Crippen molar-refractivity contribution in [2.75, 3.05) is 20.1 Å². The number of hydrogen-bond donors (Lipinski definition) is 2. The first-order valence-corrected chi connectivity index (χ1v) is 6.31. The molecule has 4 heteroatoms. The van der Waals surface area contributed by atoms with E-state index in [-0.39, 0.29) is 24.0 Å². The van der Waals surface area contributed by atoms with Crippen LogP contribution >= 0.6 is 24.0 Å². The highest BCUT2D eigenvalue weighted by Gasteiger charge is 2.18. The van der Waals surface area contributed by atoms with E-state index in [1.807, 2.05) is 13.1 Å². The fourth-order valence-electron chi connectivity index (χ4n) is 2.38. The van der Waals surface area contributed by atoms with E-state index in [4.69, 9.17) is 0 Å². The molecule has 3 nitrogen and oxygen atoms in total. The summed E-state index contributed by atoms with van der Waals surface area (Å²) in [5, 5.41) is 6.58. The second kappa shape index (κ2) is 9.74. The molecule has 0 aromatic rings. The maximum Gasteiger partial charge on any atom is 0.191 e. The molecule has 0 aliphatic heterocycles. The van der Waals surface area contributed by atoms with Crippen molar-refractivity contribution in [2.45, 2.75) is 32.6 Å². The summed E-state index contributed by atoms with van der Waals surface area (Å²) >= 11 is 0. The van der Waals surface area contributed by atoms with Crippen molar-refractivity contribution in [3.63, 3.8) is 0 Å². The van der Waals surface area contributed by atoms with E-state index in [1.54, 1.807) is 0 Å². The Hall–Kier alpha value is -0.260. The molecule has 1 rings (SSSR count). The van der Waals surface area contributed by atoms with Crippen LogP contribution in [0.2, 0.25) is 0 Å². The molecule has 17 heavy (non-hydrogen) atoms. The minimum atomic E-state index is 0. The standard InChI is InChI=1S/C13H25N3.HI/c1-4-8-15-13(14-3)16-10-12-7-5-6-11(2)9-12;/h4,11-12H,1,5-10H2,2-3H3,(H2,14,15,16);1H. The normalized spacial score (nSPS) is 24.7. The van der Waals surface area contributed by atoms with Crippen molar-refractivity contribution in [3.05, 3.63) is 12.7 Å². The lowest BCUT2D eigenvalue weighted by Crippen LogP contribution is -2.40. The summed E-state index contributed by atoms with van der Waals surface area (Å²) in [6, 6.07) is 0. The van der Waals surface area contributed by atoms with Crippen LogP contribution in [0.1, 0.15) is 32.6 Å². The Kier molecular flexibility index (Phi) is 9.59. The lowest BCUT2D eigenvalue weighted by Gasteiger charge is -2.27. The van der Waals surface area contributed by atoms with Crippen molar-refractivity contribution in [2.24, 2.45) is 16.8 Å². The van der Waals surface area contributed by atoms with Gasteiger partial charge in [-0.3, -0.25) is 4.99 Å². The second-order valence-corrected chi connectivity index (χ2v) is 4.76. The molecule has 2 N–H and O–H groups in total. The van der Waals surface area contributed by atoms with Crippen molar-refractivity contribution >= 4 is 29.9 Å². The van der Waals surface area contributed by atoms with Gasteiger partial charge in [-0.25, -0.2) is 0 Å². The predicted molar refractivity (Wildman–Crippen MR) is 86.1 cm³/mol. The van der Waals surface area contributed by atoms with Gasteiger partial charge in [0.25, 0.3) is 0 Å². The smallest absolute Gasteiger partial charge is 0.191 e. The van der Waals surface area contributed by atoms with Gasteiger partial charge in [0.1, 0.15) is 0 Å². The zero-order valence-electron chi connectivity index (χ0n) is 11.0. The Morgan fingerprint density at radius 1 is 1.41 bits per heavy atom. The molecule has 0 heterocycles. The fourth-order valence-corrected chi connectivity index (χ4v) is 2.38. The van der Waals surface area contributed by atoms with Gasteiger partial charge in [-0.1, -0.05) is 25.8 Å². The van der Waals surface area contributed by atoms with E-state index in [2.05, 4.69) is 29.1 Å². The first-order chi connectivity index (χ1) is 7.76. The number of hydrogen-bond acceptors (Lipinski definition) is 1. The van der Waals surface area contributed by atoms with Crippen LogP contribution in [0.5, 0.6) is 0 Å². The van der Waals surface area contributed by atoms with Gasteiger partial charge in [-0.2, -0.15) is 0 Å². The number of guanidine groups is 1.